The predicted octanol–water partition coefficient (Wildman–Crippen LogP) is 2.47. The first kappa shape index (κ1) is 13.7. The van der Waals surface area contributed by atoms with E-state index in [2.05, 4.69) is 41.7 Å². The summed E-state index contributed by atoms with van der Waals surface area (Å²) in [6, 6.07) is 4.36. The Morgan fingerprint density at radius 1 is 1.50 bits per heavy atom. The van der Waals surface area contributed by atoms with Crippen LogP contribution in [0.5, 0.6) is 0 Å². The average Bonchev–Trinajstić information content (AvgIpc) is 2.78. The van der Waals surface area contributed by atoms with Crippen molar-refractivity contribution in [3.05, 3.63) is 22.4 Å². The van der Waals surface area contributed by atoms with Gasteiger partial charge in [0.25, 0.3) is 0 Å². The molecule has 0 aliphatic rings. The van der Waals surface area contributed by atoms with Gasteiger partial charge in [-0.15, -0.1) is 11.3 Å². The molecule has 0 amide bonds. The summed E-state index contributed by atoms with van der Waals surface area (Å²) < 4.78 is 0. The highest BCUT2D eigenvalue weighted by Gasteiger charge is 2.08. The molecule has 1 aromatic heterocycles. The average molecular weight is 240 g/mol. The molecule has 0 spiro atoms. The Kier molecular flexibility index (Phi) is 6.69. The largest absolute Gasteiger partial charge is 0.319 e. The molecule has 0 bridgehead atoms. The van der Waals surface area contributed by atoms with Gasteiger partial charge in [-0.25, -0.2) is 0 Å². The van der Waals surface area contributed by atoms with Gasteiger partial charge in [0.05, 0.1) is 0 Å². The molecular weight excluding hydrogens is 216 g/mol. The lowest BCUT2D eigenvalue weighted by Gasteiger charge is -2.22. The second kappa shape index (κ2) is 7.82. The Balaban J connectivity index is 2.21. The summed E-state index contributed by atoms with van der Waals surface area (Å²) in [6.07, 6.45) is 2.44. The molecule has 0 saturated carbocycles. The van der Waals surface area contributed by atoms with Crippen LogP contribution in [0.2, 0.25) is 0 Å². The van der Waals surface area contributed by atoms with Crippen LogP contribution in [0.15, 0.2) is 17.5 Å². The van der Waals surface area contributed by atoms with E-state index in [0.29, 0.717) is 0 Å². The zero-order valence-electron chi connectivity index (χ0n) is 10.7. The van der Waals surface area contributed by atoms with Crippen LogP contribution in [-0.2, 0) is 6.42 Å². The Morgan fingerprint density at radius 3 is 2.88 bits per heavy atom. The molecule has 0 fully saturated rings. The van der Waals surface area contributed by atoms with E-state index in [1.165, 1.54) is 30.8 Å². The maximum atomic E-state index is 3.27. The van der Waals surface area contributed by atoms with Gasteiger partial charge in [0.15, 0.2) is 0 Å². The summed E-state index contributed by atoms with van der Waals surface area (Å²) in [5, 5.41) is 5.43. The van der Waals surface area contributed by atoms with Crippen molar-refractivity contribution in [3.8, 4) is 0 Å². The van der Waals surface area contributed by atoms with E-state index in [0.717, 1.165) is 12.5 Å². The van der Waals surface area contributed by atoms with Crippen molar-refractivity contribution in [2.45, 2.75) is 19.8 Å². The fourth-order valence-corrected chi connectivity index (χ4v) is 2.61. The molecule has 2 nitrogen and oxygen atoms in total. The molecule has 1 rings (SSSR count). The normalized spacial score (nSPS) is 13.2. The Morgan fingerprint density at radius 2 is 2.31 bits per heavy atom. The van der Waals surface area contributed by atoms with Crippen molar-refractivity contribution in [2.24, 2.45) is 5.92 Å². The number of likely N-dealkylation sites (N-methyl/N-ethyl adjacent to an activating group) is 1. The quantitative estimate of drug-likeness (QED) is 0.751. The zero-order valence-corrected chi connectivity index (χ0v) is 11.5. The third-order valence-corrected chi connectivity index (χ3v) is 3.90. The SMILES string of the molecule is CCC(CNC)CN(C)CCc1cccs1. The highest BCUT2D eigenvalue weighted by Crippen LogP contribution is 2.10. The van der Waals surface area contributed by atoms with Crippen molar-refractivity contribution in [3.63, 3.8) is 0 Å². The third kappa shape index (κ3) is 5.10. The molecule has 3 heteroatoms. The van der Waals surface area contributed by atoms with E-state index < -0.39 is 0 Å². The smallest absolute Gasteiger partial charge is 0.00579 e. The monoisotopic (exact) mass is 240 g/mol. The van der Waals surface area contributed by atoms with Gasteiger partial charge in [-0.1, -0.05) is 19.4 Å². The van der Waals surface area contributed by atoms with Crippen LogP contribution in [0.1, 0.15) is 18.2 Å². The van der Waals surface area contributed by atoms with Gasteiger partial charge in [-0.3, -0.25) is 0 Å². The Hall–Kier alpha value is -0.380. The minimum absolute atomic E-state index is 0.776. The lowest BCUT2D eigenvalue weighted by Crippen LogP contribution is -2.32. The summed E-state index contributed by atoms with van der Waals surface area (Å²) >= 11 is 1.86. The van der Waals surface area contributed by atoms with E-state index in [9.17, 15) is 0 Å². The molecule has 1 aromatic rings. The molecule has 0 aromatic carbocycles. The molecule has 1 atom stereocenters. The van der Waals surface area contributed by atoms with Gasteiger partial charge >= 0.3 is 0 Å². The Labute approximate surface area is 104 Å². The predicted molar refractivity (Wildman–Crippen MR) is 73.2 cm³/mol. The molecule has 1 heterocycles. The van der Waals surface area contributed by atoms with Crippen molar-refractivity contribution < 1.29 is 0 Å². The molecule has 0 aliphatic heterocycles. The second-order valence-electron chi connectivity index (χ2n) is 4.42. The lowest BCUT2D eigenvalue weighted by molar-refractivity contribution is 0.271. The summed E-state index contributed by atoms with van der Waals surface area (Å²) in [6.45, 7) is 5.76. The standard InChI is InChI=1S/C13H24N2S/c1-4-12(10-14-2)11-15(3)8-7-13-6-5-9-16-13/h5-6,9,12,14H,4,7-8,10-11H2,1-3H3. The van der Waals surface area contributed by atoms with E-state index >= 15 is 0 Å². The van der Waals surface area contributed by atoms with Crippen molar-refractivity contribution in [2.75, 3.05) is 33.7 Å². The highest BCUT2D eigenvalue weighted by atomic mass is 32.1. The maximum absolute atomic E-state index is 3.27. The van der Waals surface area contributed by atoms with Crippen LogP contribution in [-0.4, -0.2) is 38.6 Å². The first-order valence-electron chi connectivity index (χ1n) is 6.11. The van der Waals surface area contributed by atoms with E-state index in [4.69, 9.17) is 0 Å². The third-order valence-electron chi connectivity index (χ3n) is 2.96. The molecule has 0 saturated heterocycles. The molecule has 1 N–H and O–H groups in total. The van der Waals surface area contributed by atoms with Crippen LogP contribution < -0.4 is 5.32 Å². The van der Waals surface area contributed by atoms with Crippen LogP contribution in [0.25, 0.3) is 0 Å². The van der Waals surface area contributed by atoms with Gasteiger partial charge in [0.2, 0.25) is 0 Å². The summed E-state index contributed by atoms with van der Waals surface area (Å²) in [5.41, 5.74) is 0. The number of nitrogens with zero attached hydrogens (tertiary/aromatic N) is 1. The highest BCUT2D eigenvalue weighted by molar-refractivity contribution is 7.09. The van der Waals surface area contributed by atoms with E-state index in [-0.39, 0.29) is 0 Å². The molecule has 16 heavy (non-hydrogen) atoms. The van der Waals surface area contributed by atoms with Crippen LogP contribution >= 0.6 is 11.3 Å². The van der Waals surface area contributed by atoms with Gasteiger partial charge in [-0.2, -0.15) is 0 Å². The summed E-state index contributed by atoms with van der Waals surface area (Å²) in [7, 11) is 4.26. The minimum atomic E-state index is 0.776. The molecule has 92 valence electrons. The first-order chi connectivity index (χ1) is 7.76. The fourth-order valence-electron chi connectivity index (χ4n) is 1.91. The first-order valence-corrected chi connectivity index (χ1v) is 6.99. The van der Waals surface area contributed by atoms with Gasteiger partial charge < -0.3 is 10.2 Å². The lowest BCUT2D eigenvalue weighted by atomic mass is 10.1. The van der Waals surface area contributed by atoms with Crippen molar-refractivity contribution >= 4 is 11.3 Å². The number of rotatable bonds is 8. The van der Waals surface area contributed by atoms with Crippen molar-refractivity contribution in [1.82, 2.24) is 10.2 Å². The topological polar surface area (TPSA) is 15.3 Å². The zero-order chi connectivity index (χ0) is 11.8. The van der Waals surface area contributed by atoms with Gasteiger partial charge in [0, 0.05) is 18.0 Å². The molecule has 0 radical (unpaired) electrons. The van der Waals surface area contributed by atoms with Crippen LogP contribution in [0.4, 0.5) is 0 Å². The fraction of sp³-hybridized carbons (Fsp3) is 0.692. The molecule has 0 aliphatic carbocycles. The van der Waals surface area contributed by atoms with Crippen molar-refractivity contribution in [1.29, 1.82) is 0 Å². The maximum Gasteiger partial charge on any atom is 0.00579 e. The molecular formula is C13H24N2S. The molecule has 1 unspecified atom stereocenters. The van der Waals surface area contributed by atoms with Gasteiger partial charge in [-0.05, 0) is 44.4 Å². The number of thiophene rings is 1. The second-order valence-corrected chi connectivity index (χ2v) is 5.46. The number of hydrogen-bond acceptors (Lipinski definition) is 3. The van der Waals surface area contributed by atoms with E-state index in [1.807, 2.05) is 18.4 Å². The van der Waals surface area contributed by atoms with E-state index in [1.54, 1.807) is 0 Å². The number of hydrogen-bond donors (Lipinski definition) is 1. The number of nitrogens with one attached hydrogen (secondary N) is 1. The van der Waals surface area contributed by atoms with Crippen LogP contribution in [0.3, 0.4) is 0 Å². The Bertz CT molecular complexity index is 259. The van der Waals surface area contributed by atoms with Gasteiger partial charge in [0.1, 0.15) is 0 Å². The summed E-state index contributed by atoms with van der Waals surface area (Å²) in [5.74, 6) is 0.776. The van der Waals surface area contributed by atoms with Crippen LogP contribution in [0, 0.1) is 5.92 Å². The summed E-state index contributed by atoms with van der Waals surface area (Å²) in [4.78, 5) is 3.94. The minimum Gasteiger partial charge on any atom is -0.319 e.